The van der Waals surface area contributed by atoms with Crippen LogP contribution in [0.1, 0.15) is 32.1 Å². The molecule has 116 valence electrons. The quantitative estimate of drug-likeness (QED) is 0.614. The van der Waals surface area contributed by atoms with E-state index in [2.05, 4.69) is 31.5 Å². The smallest absolute Gasteiger partial charge is 0.321 e. The van der Waals surface area contributed by atoms with Gasteiger partial charge in [-0.1, -0.05) is 30.6 Å². The van der Waals surface area contributed by atoms with Crippen LogP contribution in [-0.2, 0) is 0 Å². The van der Waals surface area contributed by atoms with Gasteiger partial charge >= 0.3 is 12.1 Å². The Hall–Kier alpha value is -1.90. The van der Waals surface area contributed by atoms with Gasteiger partial charge in [-0.25, -0.2) is 9.59 Å². The summed E-state index contributed by atoms with van der Waals surface area (Å²) in [4.78, 5) is 23.1. The van der Waals surface area contributed by atoms with Gasteiger partial charge < -0.3 is 16.0 Å². The van der Waals surface area contributed by atoms with E-state index in [0.29, 0.717) is 18.2 Å². The maximum atomic E-state index is 11.6. The fourth-order valence-corrected chi connectivity index (χ4v) is 2.64. The molecule has 1 fully saturated rings. The van der Waals surface area contributed by atoms with Gasteiger partial charge in [-0.3, -0.25) is 5.32 Å². The normalized spacial score (nSPS) is 15.2. The number of nitrogens with one attached hydrogen (secondary N) is 4. The highest BCUT2D eigenvalue weighted by molar-refractivity contribution is 7.13. The summed E-state index contributed by atoms with van der Waals surface area (Å²) in [5, 5.41) is 18.6. The van der Waals surface area contributed by atoms with Gasteiger partial charge in [0.1, 0.15) is 5.51 Å². The molecule has 0 radical (unpaired) electrons. The molecule has 8 nitrogen and oxygen atoms in total. The van der Waals surface area contributed by atoms with E-state index in [1.165, 1.54) is 36.1 Å². The molecule has 0 bridgehead atoms. The summed E-state index contributed by atoms with van der Waals surface area (Å²) in [7, 11) is 0. The number of carbonyl (C=O) groups excluding carboxylic acids is 2. The maximum absolute atomic E-state index is 11.6. The van der Waals surface area contributed by atoms with E-state index in [-0.39, 0.29) is 18.1 Å². The monoisotopic (exact) mass is 312 g/mol. The van der Waals surface area contributed by atoms with Crippen LogP contribution in [0.25, 0.3) is 0 Å². The van der Waals surface area contributed by atoms with Crippen LogP contribution < -0.4 is 21.3 Å². The highest BCUT2D eigenvalue weighted by atomic mass is 32.1. The van der Waals surface area contributed by atoms with Gasteiger partial charge in [0.25, 0.3) is 0 Å². The molecule has 0 aromatic carbocycles. The van der Waals surface area contributed by atoms with Gasteiger partial charge in [0, 0.05) is 19.1 Å². The first-order chi connectivity index (χ1) is 10.2. The lowest BCUT2D eigenvalue weighted by Crippen LogP contribution is -2.45. The molecule has 0 atom stereocenters. The van der Waals surface area contributed by atoms with Crippen LogP contribution in [0.5, 0.6) is 0 Å². The maximum Gasteiger partial charge on any atom is 0.321 e. The predicted octanol–water partition coefficient (Wildman–Crippen LogP) is 1.29. The lowest BCUT2D eigenvalue weighted by molar-refractivity contribution is 0.232. The van der Waals surface area contributed by atoms with Crippen molar-refractivity contribution < 1.29 is 9.59 Å². The molecule has 4 amide bonds. The number of hydrogen-bond acceptors (Lipinski definition) is 5. The summed E-state index contributed by atoms with van der Waals surface area (Å²) in [6, 6.07) is -0.248. The number of anilines is 1. The standard InChI is InChI=1S/C12H20N6O2S/c19-10(16-9-4-2-1-3-5-9)13-6-7-14-11(20)17-12-18-15-8-21-12/h8-9H,1-7H2,(H2,13,16,19)(H2,14,17,18,20). The number of carbonyl (C=O) groups is 2. The van der Waals surface area contributed by atoms with Crippen LogP contribution in [0.4, 0.5) is 14.7 Å². The Morgan fingerprint density at radius 1 is 1.14 bits per heavy atom. The lowest BCUT2D eigenvalue weighted by atomic mass is 9.96. The molecule has 0 spiro atoms. The van der Waals surface area contributed by atoms with Crippen LogP contribution in [0.15, 0.2) is 5.51 Å². The lowest BCUT2D eigenvalue weighted by Gasteiger charge is -2.22. The van der Waals surface area contributed by atoms with Gasteiger partial charge in [-0.15, -0.1) is 10.2 Å². The third-order valence-electron chi connectivity index (χ3n) is 3.22. The molecule has 21 heavy (non-hydrogen) atoms. The van der Waals surface area contributed by atoms with E-state index in [0.717, 1.165) is 12.8 Å². The second-order valence-corrected chi connectivity index (χ2v) is 5.69. The van der Waals surface area contributed by atoms with Gasteiger partial charge in [0.15, 0.2) is 0 Å². The molecule has 0 aliphatic heterocycles. The van der Waals surface area contributed by atoms with Gasteiger partial charge in [0.2, 0.25) is 5.13 Å². The highest BCUT2D eigenvalue weighted by Crippen LogP contribution is 2.17. The van der Waals surface area contributed by atoms with Crippen molar-refractivity contribution in [1.29, 1.82) is 0 Å². The first kappa shape index (κ1) is 15.5. The third kappa shape index (κ3) is 5.94. The predicted molar refractivity (Wildman–Crippen MR) is 80.3 cm³/mol. The van der Waals surface area contributed by atoms with E-state index in [1.807, 2.05) is 0 Å². The van der Waals surface area contributed by atoms with Gasteiger partial charge in [0.05, 0.1) is 0 Å². The van der Waals surface area contributed by atoms with Crippen molar-refractivity contribution in [2.45, 2.75) is 38.1 Å². The van der Waals surface area contributed by atoms with Crippen molar-refractivity contribution in [3.63, 3.8) is 0 Å². The van der Waals surface area contributed by atoms with Crippen molar-refractivity contribution in [2.75, 3.05) is 18.4 Å². The minimum atomic E-state index is -0.360. The minimum absolute atomic E-state index is 0.173. The van der Waals surface area contributed by atoms with E-state index in [4.69, 9.17) is 0 Å². The van der Waals surface area contributed by atoms with Crippen molar-refractivity contribution >= 4 is 28.5 Å². The van der Waals surface area contributed by atoms with E-state index < -0.39 is 0 Å². The Balaban J connectivity index is 1.52. The molecule has 1 heterocycles. The zero-order valence-corrected chi connectivity index (χ0v) is 12.5. The largest absolute Gasteiger partial charge is 0.336 e. The summed E-state index contributed by atoms with van der Waals surface area (Å²) in [5.41, 5.74) is 1.53. The molecule has 9 heteroatoms. The molecular weight excluding hydrogens is 292 g/mol. The Morgan fingerprint density at radius 3 is 2.52 bits per heavy atom. The van der Waals surface area contributed by atoms with Gasteiger partial charge in [-0.2, -0.15) is 0 Å². The molecule has 4 N–H and O–H groups in total. The number of rotatable bonds is 5. The van der Waals surface area contributed by atoms with Crippen molar-refractivity contribution in [1.82, 2.24) is 26.1 Å². The number of nitrogens with zero attached hydrogens (tertiary/aromatic N) is 2. The van der Waals surface area contributed by atoms with Crippen molar-refractivity contribution in [3.8, 4) is 0 Å². The Morgan fingerprint density at radius 2 is 1.86 bits per heavy atom. The molecule has 2 rings (SSSR count). The number of hydrogen-bond donors (Lipinski definition) is 4. The molecule has 1 saturated carbocycles. The van der Waals surface area contributed by atoms with Crippen LogP contribution >= 0.6 is 11.3 Å². The highest BCUT2D eigenvalue weighted by Gasteiger charge is 2.15. The van der Waals surface area contributed by atoms with Crippen LogP contribution in [-0.4, -0.2) is 41.4 Å². The molecule has 0 saturated heterocycles. The molecule has 1 aliphatic rings. The zero-order chi connectivity index (χ0) is 14.9. The molecule has 1 aromatic heterocycles. The Labute approximate surface area is 127 Å². The second-order valence-electron chi connectivity index (χ2n) is 4.86. The molecule has 1 aromatic rings. The average molecular weight is 312 g/mol. The summed E-state index contributed by atoms with van der Waals surface area (Å²) >= 11 is 1.24. The Bertz CT molecular complexity index is 447. The summed E-state index contributed by atoms with van der Waals surface area (Å²) in [5.74, 6) is 0. The van der Waals surface area contributed by atoms with Gasteiger partial charge in [-0.05, 0) is 12.8 Å². The fraction of sp³-hybridized carbons (Fsp3) is 0.667. The third-order valence-corrected chi connectivity index (χ3v) is 3.82. The van der Waals surface area contributed by atoms with E-state index >= 15 is 0 Å². The summed E-state index contributed by atoms with van der Waals surface area (Å²) in [6.45, 7) is 0.727. The first-order valence-corrected chi connectivity index (χ1v) is 7.97. The first-order valence-electron chi connectivity index (χ1n) is 7.09. The average Bonchev–Trinajstić information content (AvgIpc) is 2.97. The van der Waals surface area contributed by atoms with Crippen LogP contribution in [0, 0.1) is 0 Å². The molecule has 1 aliphatic carbocycles. The summed E-state index contributed by atoms with van der Waals surface area (Å²) in [6.07, 6.45) is 5.72. The zero-order valence-electron chi connectivity index (χ0n) is 11.7. The van der Waals surface area contributed by atoms with Crippen LogP contribution in [0.3, 0.4) is 0 Å². The van der Waals surface area contributed by atoms with Crippen molar-refractivity contribution in [2.24, 2.45) is 0 Å². The Kier molecular flexibility index (Phi) is 6.20. The fourth-order valence-electron chi connectivity index (χ4n) is 2.20. The minimum Gasteiger partial charge on any atom is -0.336 e. The number of aromatic nitrogens is 2. The summed E-state index contributed by atoms with van der Waals surface area (Å²) < 4.78 is 0. The van der Waals surface area contributed by atoms with Crippen molar-refractivity contribution in [3.05, 3.63) is 5.51 Å². The number of urea groups is 2. The SMILES string of the molecule is O=C(NCCNC(=O)NC1CCCCC1)Nc1nncs1. The van der Waals surface area contributed by atoms with E-state index in [9.17, 15) is 9.59 Å². The molecule has 0 unspecified atom stereocenters. The molecular formula is C12H20N6O2S. The topological polar surface area (TPSA) is 108 Å². The van der Waals surface area contributed by atoms with Crippen LogP contribution in [0.2, 0.25) is 0 Å². The van der Waals surface area contributed by atoms with E-state index in [1.54, 1.807) is 0 Å². The number of amides is 4. The second kappa shape index (κ2) is 8.40.